The van der Waals surface area contributed by atoms with Crippen molar-refractivity contribution in [1.29, 1.82) is 0 Å². The third-order valence-corrected chi connectivity index (χ3v) is 4.69. The molecule has 4 N–H and O–H groups in total. The van der Waals surface area contributed by atoms with Crippen molar-refractivity contribution in [3.05, 3.63) is 34.9 Å². The summed E-state index contributed by atoms with van der Waals surface area (Å²) < 4.78 is 0. The van der Waals surface area contributed by atoms with Gasteiger partial charge < -0.3 is 16.4 Å². The Balaban J connectivity index is 1.86. The number of fused-ring (bicyclic) bond motifs is 1. The van der Waals surface area contributed by atoms with E-state index < -0.39 is 6.04 Å². The Kier molecular flexibility index (Phi) is 6.37. The van der Waals surface area contributed by atoms with Gasteiger partial charge in [-0.05, 0) is 55.2 Å². The number of nitrogens with one attached hydrogen (secondary N) is 2. The smallest absolute Gasteiger partial charge is 0.239 e. The van der Waals surface area contributed by atoms with Crippen LogP contribution in [-0.4, -0.2) is 24.4 Å². The molecular formula is C19H29N3O2. The van der Waals surface area contributed by atoms with Gasteiger partial charge in [-0.1, -0.05) is 32.0 Å². The molecule has 0 aliphatic heterocycles. The number of benzene rings is 1. The predicted molar refractivity (Wildman–Crippen MR) is 95.5 cm³/mol. The summed E-state index contributed by atoms with van der Waals surface area (Å²) >= 11 is 0. The van der Waals surface area contributed by atoms with Crippen molar-refractivity contribution < 1.29 is 9.59 Å². The van der Waals surface area contributed by atoms with Gasteiger partial charge in [-0.15, -0.1) is 0 Å². The maximum Gasteiger partial charge on any atom is 0.239 e. The Morgan fingerprint density at radius 2 is 1.79 bits per heavy atom. The van der Waals surface area contributed by atoms with Gasteiger partial charge in [-0.2, -0.15) is 0 Å². The molecule has 132 valence electrons. The molecule has 2 rings (SSSR count). The molecule has 0 saturated heterocycles. The molecule has 0 saturated carbocycles. The zero-order chi connectivity index (χ0) is 17.7. The first-order chi connectivity index (χ1) is 11.4. The number of hydrogen-bond donors (Lipinski definition) is 3. The van der Waals surface area contributed by atoms with Crippen molar-refractivity contribution in [2.24, 2.45) is 11.7 Å². The second-order valence-corrected chi connectivity index (χ2v) is 7.01. The first-order valence-electron chi connectivity index (χ1n) is 8.83. The van der Waals surface area contributed by atoms with Crippen LogP contribution in [0, 0.1) is 5.92 Å². The molecule has 5 heteroatoms. The standard InChI is InChI=1S/C19H29N3O2/c1-12(2)18(20)19(24)21-11-17(23)22-13(3)15-9-8-14-6-4-5-7-16(14)10-15/h8-10,12-13,18H,4-7,11,20H2,1-3H3,(H,21,24)(H,22,23)/t13?,18-/m0/s1. The van der Waals surface area contributed by atoms with Gasteiger partial charge in [0.2, 0.25) is 11.8 Å². The average Bonchev–Trinajstić information content (AvgIpc) is 2.58. The van der Waals surface area contributed by atoms with Gasteiger partial charge in [0.05, 0.1) is 18.6 Å². The summed E-state index contributed by atoms with van der Waals surface area (Å²) in [6, 6.07) is 5.79. The van der Waals surface area contributed by atoms with Crippen LogP contribution in [-0.2, 0) is 22.4 Å². The van der Waals surface area contributed by atoms with Gasteiger partial charge in [0.25, 0.3) is 0 Å². The first-order valence-corrected chi connectivity index (χ1v) is 8.83. The van der Waals surface area contributed by atoms with Crippen LogP contribution in [0.15, 0.2) is 18.2 Å². The molecule has 5 nitrogen and oxygen atoms in total. The van der Waals surface area contributed by atoms with E-state index in [0.29, 0.717) is 0 Å². The summed E-state index contributed by atoms with van der Waals surface area (Å²) in [7, 11) is 0. The minimum atomic E-state index is -0.587. The number of aryl methyl sites for hydroxylation is 2. The van der Waals surface area contributed by atoms with Crippen LogP contribution in [0.2, 0.25) is 0 Å². The van der Waals surface area contributed by atoms with E-state index in [4.69, 9.17) is 5.73 Å². The highest BCUT2D eigenvalue weighted by Crippen LogP contribution is 2.24. The van der Waals surface area contributed by atoms with Crippen LogP contribution >= 0.6 is 0 Å². The summed E-state index contributed by atoms with van der Waals surface area (Å²) in [5.41, 5.74) is 9.69. The topological polar surface area (TPSA) is 84.2 Å². The Morgan fingerprint density at radius 3 is 2.46 bits per heavy atom. The zero-order valence-corrected chi connectivity index (χ0v) is 14.9. The molecule has 1 aliphatic carbocycles. The van der Waals surface area contributed by atoms with E-state index in [2.05, 4.69) is 28.8 Å². The van der Waals surface area contributed by atoms with Crippen molar-refractivity contribution in [3.8, 4) is 0 Å². The van der Waals surface area contributed by atoms with Gasteiger partial charge in [-0.25, -0.2) is 0 Å². The maximum absolute atomic E-state index is 12.0. The number of hydrogen-bond acceptors (Lipinski definition) is 3. The SMILES string of the molecule is CC(NC(=O)CNC(=O)[C@@H](N)C(C)C)c1ccc2c(c1)CCCC2. The van der Waals surface area contributed by atoms with Gasteiger partial charge in [0.1, 0.15) is 0 Å². The molecule has 0 heterocycles. The summed E-state index contributed by atoms with van der Waals surface area (Å²) in [5, 5.41) is 5.53. The molecule has 0 spiro atoms. The number of carbonyl (C=O) groups excluding carboxylic acids is 2. The maximum atomic E-state index is 12.0. The Bertz CT molecular complexity index is 598. The fraction of sp³-hybridized carbons (Fsp3) is 0.579. The van der Waals surface area contributed by atoms with Gasteiger partial charge in [-0.3, -0.25) is 9.59 Å². The number of rotatable bonds is 6. The van der Waals surface area contributed by atoms with Crippen LogP contribution < -0.4 is 16.4 Å². The highest BCUT2D eigenvalue weighted by atomic mass is 16.2. The Labute approximate surface area is 144 Å². The largest absolute Gasteiger partial charge is 0.348 e. The van der Waals surface area contributed by atoms with Crippen molar-refractivity contribution in [1.82, 2.24) is 10.6 Å². The molecular weight excluding hydrogens is 302 g/mol. The molecule has 0 bridgehead atoms. The van der Waals surface area contributed by atoms with Gasteiger partial charge >= 0.3 is 0 Å². The third kappa shape index (κ3) is 4.81. The molecule has 1 aromatic carbocycles. The fourth-order valence-electron chi connectivity index (χ4n) is 2.99. The summed E-state index contributed by atoms with van der Waals surface area (Å²) in [4.78, 5) is 23.8. The van der Waals surface area contributed by atoms with Crippen molar-refractivity contribution in [3.63, 3.8) is 0 Å². The van der Waals surface area contributed by atoms with Crippen LogP contribution in [0.3, 0.4) is 0 Å². The second-order valence-electron chi connectivity index (χ2n) is 7.01. The summed E-state index contributed by atoms with van der Waals surface area (Å²) in [6.45, 7) is 5.67. The minimum Gasteiger partial charge on any atom is -0.348 e. The van der Waals surface area contributed by atoms with Gasteiger partial charge in [0, 0.05) is 0 Å². The first kappa shape index (κ1) is 18.5. The van der Waals surface area contributed by atoms with Crippen LogP contribution in [0.1, 0.15) is 56.3 Å². The lowest BCUT2D eigenvalue weighted by Gasteiger charge is -2.20. The Morgan fingerprint density at radius 1 is 1.12 bits per heavy atom. The number of carbonyl (C=O) groups is 2. The zero-order valence-electron chi connectivity index (χ0n) is 14.9. The normalized spacial score (nSPS) is 16.2. The van der Waals surface area contributed by atoms with E-state index in [-0.39, 0.29) is 30.3 Å². The average molecular weight is 331 g/mol. The molecule has 2 amide bonds. The lowest BCUT2D eigenvalue weighted by Crippen LogP contribution is -2.47. The number of nitrogens with two attached hydrogens (primary N) is 1. The third-order valence-electron chi connectivity index (χ3n) is 4.69. The van der Waals surface area contributed by atoms with Crippen molar-refractivity contribution in [2.75, 3.05) is 6.54 Å². The second kappa shape index (κ2) is 8.29. The Hall–Kier alpha value is -1.88. The van der Waals surface area contributed by atoms with E-state index in [1.54, 1.807) is 0 Å². The molecule has 2 atom stereocenters. The summed E-state index contributed by atoms with van der Waals surface area (Å²) in [6.07, 6.45) is 4.77. The fourth-order valence-corrected chi connectivity index (χ4v) is 2.99. The van der Waals surface area contributed by atoms with E-state index in [0.717, 1.165) is 18.4 Å². The molecule has 0 aromatic heterocycles. The van der Waals surface area contributed by atoms with Gasteiger partial charge in [0.15, 0.2) is 0 Å². The lowest BCUT2D eigenvalue weighted by atomic mass is 9.89. The highest BCUT2D eigenvalue weighted by molar-refractivity contribution is 5.87. The molecule has 1 unspecified atom stereocenters. The van der Waals surface area contributed by atoms with Crippen LogP contribution in [0.25, 0.3) is 0 Å². The van der Waals surface area contributed by atoms with E-state index in [1.165, 1.54) is 24.0 Å². The van der Waals surface area contributed by atoms with Crippen LogP contribution in [0.4, 0.5) is 0 Å². The van der Waals surface area contributed by atoms with Crippen LogP contribution in [0.5, 0.6) is 0 Å². The molecule has 24 heavy (non-hydrogen) atoms. The molecule has 1 aromatic rings. The lowest BCUT2D eigenvalue weighted by molar-refractivity contribution is -0.127. The van der Waals surface area contributed by atoms with Crippen molar-refractivity contribution >= 4 is 11.8 Å². The van der Waals surface area contributed by atoms with E-state index in [1.807, 2.05) is 20.8 Å². The quantitative estimate of drug-likeness (QED) is 0.744. The molecule has 0 radical (unpaired) electrons. The number of amides is 2. The minimum absolute atomic E-state index is 0.0440. The highest BCUT2D eigenvalue weighted by Gasteiger charge is 2.18. The monoisotopic (exact) mass is 331 g/mol. The van der Waals surface area contributed by atoms with E-state index >= 15 is 0 Å². The van der Waals surface area contributed by atoms with E-state index in [9.17, 15) is 9.59 Å². The van der Waals surface area contributed by atoms with Crippen molar-refractivity contribution in [2.45, 2.75) is 58.5 Å². The molecule has 1 aliphatic rings. The predicted octanol–water partition coefficient (Wildman–Crippen LogP) is 1.84. The summed E-state index contributed by atoms with van der Waals surface area (Å²) in [5.74, 6) is -0.450. The molecule has 0 fully saturated rings.